The Morgan fingerprint density at radius 1 is 0.688 bits per heavy atom. The summed E-state index contributed by atoms with van der Waals surface area (Å²) in [6, 6.07) is 6.31. The zero-order valence-electron chi connectivity index (χ0n) is 43.4. The summed E-state index contributed by atoms with van der Waals surface area (Å²) in [7, 11) is 0. The number of aromatic nitrogens is 3. The van der Waals surface area contributed by atoms with Crippen molar-refractivity contribution in [1.29, 1.82) is 0 Å². The van der Waals surface area contributed by atoms with Crippen molar-refractivity contribution in [2.45, 2.75) is 115 Å². The normalized spacial score (nSPS) is 20.0. The number of para-hydroxylation sites is 1. The van der Waals surface area contributed by atoms with E-state index in [1.54, 1.807) is 82.4 Å². The highest BCUT2D eigenvalue weighted by Crippen LogP contribution is 2.20. The van der Waals surface area contributed by atoms with E-state index in [0.29, 0.717) is 27.7 Å². The van der Waals surface area contributed by atoms with E-state index in [9.17, 15) is 47.9 Å². The number of nitrogens with two attached hydrogens (primary N) is 3. The summed E-state index contributed by atoms with van der Waals surface area (Å²) in [5.41, 5.74) is 18.8. The first-order chi connectivity index (χ1) is 36.7. The number of aliphatic imine (C=N–C) groups is 1. The van der Waals surface area contributed by atoms with Crippen LogP contribution in [-0.4, -0.2) is 142 Å². The van der Waals surface area contributed by atoms with E-state index in [0.717, 1.165) is 0 Å². The fraction of sp³-hybridized carbons (Fsp3) is 0.451. The fourth-order valence-corrected chi connectivity index (χ4v) is 8.38. The SMILES string of the molecule is CC(C)[C@H](NC(=O)[C@@H]1CCC(=O)NCC(=O)N[C@@H](Cc2cnc[nH]2)C(=O)N[C@H](Cc2ccccc2)C(=O)N[C@@H](CCCN=C(N)N)C(=O)N[C@@H](Cc2c[nH]c3ccccc23)C(=O)N1)C(=O)N[C@H](C(=O)NCC(N)=O)C(C)C. The van der Waals surface area contributed by atoms with Crippen LogP contribution in [0.5, 0.6) is 0 Å². The highest BCUT2D eigenvalue weighted by atomic mass is 16.2. The molecule has 414 valence electrons. The number of benzene rings is 2. The summed E-state index contributed by atoms with van der Waals surface area (Å²) in [6.45, 7) is 5.47. The Hall–Kier alpha value is -8.84. The molecule has 10 amide bonds. The third kappa shape index (κ3) is 18.5. The summed E-state index contributed by atoms with van der Waals surface area (Å²) in [5.74, 6) is -9.45. The van der Waals surface area contributed by atoms with E-state index >= 15 is 0 Å². The second-order valence-electron chi connectivity index (χ2n) is 19.3. The molecule has 0 spiro atoms. The standard InChI is InChI=1S/C51H70N16O10/c1-27(2)42(49(76)59-24-39(52)68)67-50(77)43(28(3)4)66-45(72)35-16-17-40(69)58-25-41(70)61-38(21-31-23-55-26-60-31)48(75)64-36(19-29-11-6-5-7-12-29)46(73)62-34(15-10-18-56-51(53)54)44(71)65-37(47(74)63-35)20-30-22-57-33-14-9-8-13-32(30)33/h5-9,11-14,22-23,26-28,34-38,42-43,57H,10,15-21,24-25H2,1-4H3,(H2,52,68)(H,55,60)(H,58,69)(H,59,76)(H,61,70)(H,62,73)(H,63,74)(H,64,75)(H,65,71)(H,66,72)(H,67,77)(H4,53,54,56)/t34-,35-,36+,37-,38-,42-,43-/m0/s1. The van der Waals surface area contributed by atoms with Gasteiger partial charge in [0, 0.05) is 61.2 Å². The van der Waals surface area contributed by atoms with Gasteiger partial charge in [-0.3, -0.25) is 52.9 Å². The summed E-state index contributed by atoms with van der Waals surface area (Å²) in [4.78, 5) is 152. The molecule has 1 aliphatic heterocycles. The third-order valence-corrected chi connectivity index (χ3v) is 12.5. The Morgan fingerprint density at radius 2 is 1.30 bits per heavy atom. The van der Waals surface area contributed by atoms with Crippen molar-refractivity contribution in [1.82, 2.24) is 62.8 Å². The van der Waals surface area contributed by atoms with Gasteiger partial charge in [-0.05, 0) is 48.3 Å². The van der Waals surface area contributed by atoms with Gasteiger partial charge in [0.25, 0.3) is 0 Å². The van der Waals surface area contributed by atoms with Crippen LogP contribution in [0.25, 0.3) is 10.9 Å². The third-order valence-electron chi connectivity index (χ3n) is 12.5. The molecule has 26 nitrogen and oxygen atoms in total. The van der Waals surface area contributed by atoms with Gasteiger partial charge in [-0.1, -0.05) is 76.2 Å². The van der Waals surface area contributed by atoms with E-state index in [4.69, 9.17) is 17.2 Å². The minimum absolute atomic E-state index is 0.0424. The molecule has 1 aliphatic rings. The predicted molar refractivity (Wildman–Crippen MR) is 282 cm³/mol. The first-order valence-electron chi connectivity index (χ1n) is 25.2. The van der Waals surface area contributed by atoms with E-state index in [1.165, 1.54) is 12.5 Å². The quantitative estimate of drug-likeness (QED) is 0.0257. The molecule has 0 radical (unpaired) electrons. The van der Waals surface area contributed by atoms with Gasteiger partial charge in [0.15, 0.2) is 5.96 Å². The number of carbonyl (C=O) groups excluding carboxylic acids is 10. The average molecular weight is 1070 g/mol. The minimum atomic E-state index is -1.58. The number of nitrogens with one attached hydrogen (secondary N) is 11. The molecule has 0 aliphatic carbocycles. The van der Waals surface area contributed by atoms with Crippen molar-refractivity contribution in [2.24, 2.45) is 34.0 Å². The summed E-state index contributed by atoms with van der Waals surface area (Å²) in [5, 5.41) is 24.4. The first-order valence-corrected chi connectivity index (χ1v) is 25.2. The molecular weight excluding hydrogens is 997 g/mol. The molecule has 17 N–H and O–H groups in total. The summed E-state index contributed by atoms with van der Waals surface area (Å²) in [6.07, 6.45) is 3.30. The Balaban J connectivity index is 1.55. The highest BCUT2D eigenvalue weighted by molar-refractivity contribution is 5.99. The van der Waals surface area contributed by atoms with E-state index in [1.807, 2.05) is 6.07 Å². The number of amides is 10. The lowest BCUT2D eigenvalue weighted by molar-refractivity contribution is -0.136. The number of hydrogen-bond donors (Lipinski definition) is 14. The van der Waals surface area contributed by atoms with Crippen LogP contribution >= 0.6 is 0 Å². The average Bonchev–Trinajstić information content (AvgIpc) is 4.06. The van der Waals surface area contributed by atoms with Crippen LogP contribution < -0.4 is 65.1 Å². The molecule has 5 rings (SSSR count). The minimum Gasteiger partial charge on any atom is -0.370 e. The summed E-state index contributed by atoms with van der Waals surface area (Å²) >= 11 is 0. The zero-order chi connectivity index (χ0) is 56.2. The van der Waals surface area contributed by atoms with Crippen LogP contribution in [0.1, 0.15) is 70.2 Å². The maximum atomic E-state index is 14.8. The maximum absolute atomic E-state index is 14.8. The molecule has 0 saturated carbocycles. The molecule has 3 heterocycles. The maximum Gasteiger partial charge on any atom is 0.243 e. The molecule has 7 atom stereocenters. The molecule has 4 aromatic rings. The topological polar surface area (TPSA) is 414 Å². The van der Waals surface area contributed by atoms with Crippen molar-refractivity contribution in [3.05, 3.63) is 90.1 Å². The molecule has 2 aromatic carbocycles. The van der Waals surface area contributed by atoms with Gasteiger partial charge in [-0.25, -0.2) is 4.98 Å². The number of fused-ring (bicyclic) bond motifs is 1. The molecule has 2 aromatic heterocycles. The van der Waals surface area contributed by atoms with Crippen LogP contribution in [-0.2, 0) is 67.2 Å². The van der Waals surface area contributed by atoms with Gasteiger partial charge >= 0.3 is 0 Å². The molecule has 1 saturated heterocycles. The van der Waals surface area contributed by atoms with Crippen LogP contribution in [0.15, 0.2) is 78.3 Å². The van der Waals surface area contributed by atoms with Crippen LogP contribution in [0.4, 0.5) is 0 Å². The smallest absolute Gasteiger partial charge is 0.243 e. The lowest BCUT2D eigenvalue weighted by atomic mass is 9.98. The molecule has 1 fully saturated rings. The fourth-order valence-electron chi connectivity index (χ4n) is 8.38. The number of rotatable bonds is 19. The van der Waals surface area contributed by atoms with Gasteiger partial charge < -0.3 is 75.0 Å². The Kier molecular flexibility index (Phi) is 22.0. The molecule has 77 heavy (non-hydrogen) atoms. The van der Waals surface area contributed by atoms with E-state index in [2.05, 4.69) is 67.8 Å². The number of guanidine groups is 1. The van der Waals surface area contributed by atoms with Gasteiger partial charge in [0.05, 0.1) is 19.4 Å². The van der Waals surface area contributed by atoms with E-state index in [-0.39, 0.29) is 44.6 Å². The summed E-state index contributed by atoms with van der Waals surface area (Å²) < 4.78 is 0. The molecular formula is C51H70N16O10. The number of hydrogen-bond acceptors (Lipinski definition) is 12. The lowest BCUT2D eigenvalue weighted by Gasteiger charge is -2.29. The van der Waals surface area contributed by atoms with Crippen LogP contribution in [0, 0.1) is 11.8 Å². The van der Waals surface area contributed by atoms with Crippen molar-refractivity contribution in [3.8, 4) is 0 Å². The van der Waals surface area contributed by atoms with Crippen molar-refractivity contribution >= 4 is 75.9 Å². The van der Waals surface area contributed by atoms with Gasteiger partial charge in [0.2, 0.25) is 59.1 Å². The number of nitrogens with zero attached hydrogens (tertiary/aromatic N) is 2. The lowest BCUT2D eigenvalue weighted by Crippen LogP contribution is -2.61. The Labute approximate surface area is 444 Å². The van der Waals surface area contributed by atoms with Crippen LogP contribution in [0.3, 0.4) is 0 Å². The van der Waals surface area contributed by atoms with Crippen molar-refractivity contribution in [2.75, 3.05) is 19.6 Å². The first kappa shape index (κ1) is 59.0. The van der Waals surface area contributed by atoms with Crippen molar-refractivity contribution in [3.63, 3.8) is 0 Å². The number of carbonyl (C=O) groups is 10. The second kappa shape index (κ2) is 28.7. The highest BCUT2D eigenvalue weighted by Gasteiger charge is 2.36. The Morgan fingerprint density at radius 3 is 1.95 bits per heavy atom. The molecule has 0 unspecified atom stereocenters. The second-order valence-corrected chi connectivity index (χ2v) is 19.3. The molecule has 0 bridgehead atoms. The monoisotopic (exact) mass is 1070 g/mol. The van der Waals surface area contributed by atoms with Gasteiger partial charge in [-0.15, -0.1) is 0 Å². The van der Waals surface area contributed by atoms with Gasteiger partial charge in [-0.2, -0.15) is 0 Å². The van der Waals surface area contributed by atoms with Crippen LogP contribution in [0.2, 0.25) is 0 Å². The van der Waals surface area contributed by atoms with E-state index < -0.39 is 139 Å². The number of imidazole rings is 1. The molecule has 26 heteroatoms. The van der Waals surface area contributed by atoms with Crippen molar-refractivity contribution < 1.29 is 47.9 Å². The number of aromatic amines is 2. The zero-order valence-corrected chi connectivity index (χ0v) is 43.4. The number of primary amides is 1. The number of H-pyrrole nitrogens is 2. The largest absolute Gasteiger partial charge is 0.370 e. The Bertz CT molecular complexity index is 2740. The van der Waals surface area contributed by atoms with Gasteiger partial charge in [0.1, 0.15) is 42.3 Å². The predicted octanol–water partition coefficient (Wildman–Crippen LogP) is -2.81.